The van der Waals surface area contributed by atoms with E-state index in [0.29, 0.717) is 6.54 Å². The van der Waals surface area contributed by atoms with E-state index in [1.807, 2.05) is 28.9 Å². The lowest BCUT2D eigenvalue weighted by molar-refractivity contribution is 0.413. The van der Waals surface area contributed by atoms with E-state index in [4.69, 9.17) is 4.74 Å². The predicted molar refractivity (Wildman–Crippen MR) is 70.2 cm³/mol. The SMILES string of the molecule is CCc1cc2n(n1)C(c1ccccc1OC)=NC2. The monoisotopic (exact) mass is 241 g/mol. The van der Waals surface area contributed by atoms with Gasteiger partial charge >= 0.3 is 0 Å². The third-order valence-corrected chi connectivity index (χ3v) is 3.14. The number of methoxy groups -OCH3 is 1. The topological polar surface area (TPSA) is 39.4 Å². The molecule has 92 valence electrons. The van der Waals surface area contributed by atoms with E-state index in [9.17, 15) is 0 Å². The van der Waals surface area contributed by atoms with Crippen molar-refractivity contribution in [3.05, 3.63) is 47.3 Å². The van der Waals surface area contributed by atoms with Crippen molar-refractivity contribution in [2.75, 3.05) is 7.11 Å². The highest BCUT2D eigenvalue weighted by Gasteiger charge is 2.21. The average Bonchev–Trinajstić information content (AvgIpc) is 2.98. The predicted octanol–water partition coefficient (Wildman–Crippen LogP) is 2.26. The zero-order chi connectivity index (χ0) is 12.5. The number of hydrogen-bond donors (Lipinski definition) is 0. The molecule has 0 radical (unpaired) electrons. The second-order valence-corrected chi connectivity index (χ2v) is 4.23. The lowest BCUT2D eigenvalue weighted by Crippen LogP contribution is -2.14. The lowest BCUT2D eigenvalue weighted by atomic mass is 10.2. The van der Waals surface area contributed by atoms with E-state index in [1.54, 1.807) is 7.11 Å². The summed E-state index contributed by atoms with van der Waals surface area (Å²) >= 11 is 0. The van der Waals surface area contributed by atoms with Gasteiger partial charge in [0.1, 0.15) is 5.75 Å². The Kier molecular flexibility index (Phi) is 2.63. The van der Waals surface area contributed by atoms with Gasteiger partial charge in [-0.15, -0.1) is 0 Å². The summed E-state index contributed by atoms with van der Waals surface area (Å²) in [6.45, 7) is 2.80. The summed E-state index contributed by atoms with van der Waals surface area (Å²) in [6, 6.07) is 10.0. The molecule has 0 saturated carbocycles. The minimum absolute atomic E-state index is 0.695. The molecule has 4 heteroatoms. The van der Waals surface area contributed by atoms with Crippen LogP contribution in [0.4, 0.5) is 0 Å². The number of aliphatic imine (C=N–C) groups is 1. The second-order valence-electron chi connectivity index (χ2n) is 4.23. The molecule has 0 aliphatic carbocycles. The smallest absolute Gasteiger partial charge is 0.160 e. The molecule has 1 aromatic heterocycles. The van der Waals surface area contributed by atoms with Crippen molar-refractivity contribution >= 4 is 5.84 Å². The van der Waals surface area contributed by atoms with Gasteiger partial charge in [0.2, 0.25) is 0 Å². The summed E-state index contributed by atoms with van der Waals surface area (Å²) in [5, 5.41) is 4.57. The molecular weight excluding hydrogens is 226 g/mol. The molecule has 0 N–H and O–H groups in total. The Labute approximate surface area is 106 Å². The first-order chi connectivity index (χ1) is 8.83. The van der Waals surface area contributed by atoms with Gasteiger partial charge in [-0.1, -0.05) is 19.1 Å². The zero-order valence-corrected chi connectivity index (χ0v) is 10.6. The number of aromatic nitrogens is 2. The Morgan fingerprint density at radius 1 is 1.33 bits per heavy atom. The van der Waals surface area contributed by atoms with Crippen LogP contribution in [0, 0.1) is 0 Å². The molecule has 1 aliphatic heterocycles. The Bertz CT molecular complexity index is 613. The summed E-state index contributed by atoms with van der Waals surface area (Å²) in [5.74, 6) is 1.71. The summed E-state index contributed by atoms with van der Waals surface area (Å²) in [7, 11) is 1.68. The number of para-hydroxylation sites is 1. The van der Waals surface area contributed by atoms with Gasteiger partial charge in [-0.3, -0.25) is 4.99 Å². The van der Waals surface area contributed by atoms with Gasteiger partial charge in [0.15, 0.2) is 5.84 Å². The third-order valence-electron chi connectivity index (χ3n) is 3.14. The highest BCUT2D eigenvalue weighted by atomic mass is 16.5. The Morgan fingerprint density at radius 2 is 2.17 bits per heavy atom. The molecule has 3 rings (SSSR count). The van der Waals surface area contributed by atoms with Crippen molar-refractivity contribution in [1.82, 2.24) is 9.78 Å². The van der Waals surface area contributed by atoms with Crippen molar-refractivity contribution in [3.63, 3.8) is 0 Å². The highest BCUT2D eigenvalue weighted by Crippen LogP contribution is 2.23. The maximum atomic E-state index is 5.38. The van der Waals surface area contributed by atoms with Crippen LogP contribution in [-0.2, 0) is 13.0 Å². The molecule has 0 spiro atoms. The number of aryl methyl sites for hydroxylation is 1. The first-order valence-corrected chi connectivity index (χ1v) is 6.09. The lowest BCUT2D eigenvalue weighted by Gasteiger charge is -2.08. The van der Waals surface area contributed by atoms with Crippen LogP contribution >= 0.6 is 0 Å². The molecule has 4 nitrogen and oxygen atoms in total. The van der Waals surface area contributed by atoms with E-state index in [1.165, 1.54) is 0 Å². The molecule has 0 atom stereocenters. The third kappa shape index (κ3) is 1.61. The van der Waals surface area contributed by atoms with Crippen molar-refractivity contribution in [3.8, 4) is 5.75 Å². The van der Waals surface area contributed by atoms with Crippen molar-refractivity contribution in [2.45, 2.75) is 19.9 Å². The van der Waals surface area contributed by atoms with Gasteiger partial charge in [-0.25, -0.2) is 4.68 Å². The van der Waals surface area contributed by atoms with E-state index in [0.717, 1.165) is 35.0 Å². The van der Waals surface area contributed by atoms with E-state index >= 15 is 0 Å². The number of ether oxygens (including phenoxy) is 1. The first-order valence-electron chi connectivity index (χ1n) is 6.09. The molecule has 1 aromatic carbocycles. The molecule has 18 heavy (non-hydrogen) atoms. The zero-order valence-electron chi connectivity index (χ0n) is 10.6. The fraction of sp³-hybridized carbons (Fsp3) is 0.286. The number of benzene rings is 1. The number of nitrogens with zero attached hydrogens (tertiary/aromatic N) is 3. The fourth-order valence-corrected chi connectivity index (χ4v) is 2.20. The Balaban J connectivity index is 2.08. The summed E-state index contributed by atoms with van der Waals surface area (Å²) in [6.07, 6.45) is 0.944. The summed E-state index contributed by atoms with van der Waals surface area (Å²) in [5.41, 5.74) is 3.24. The quantitative estimate of drug-likeness (QED) is 0.827. The molecule has 0 amide bonds. The van der Waals surface area contributed by atoms with Gasteiger partial charge in [-0.05, 0) is 24.6 Å². The van der Waals surface area contributed by atoms with Crippen LogP contribution in [0.3, 0.4) is 0 Å². The van der Waals surface area contributed by atoms with Crippen molar-refractivity contribution in [1.29, 1.82) is 0 Å². The van der Waals surface area contributed by atoms with Crippen LogP contribution in [0.1, 0.15) is 23.9 Å². The Hall–Kier alpha value is -2.10. The standard InChI is InChI=1S/C14H15N3O/c1-3-10-8-11-9-15-14(17(11)16-10)12-6-4-5-7-13(12)18-2/h4-8H,3,9H2,1-2H3. The number of rotatable bonds is 3. The van der Waals surface area contributed by atoms with Gasteiger partial charge in [0.05, 0.1) is 30.6 Å². The fourth-order valence-electron chi connectivity index (χ4n) is 2.20. The molecule has 0 saturated heterocycles. The molecule has 2 heterocycles. The first kappa shape index (κ1) is 11.0. The van der Waals surface area contributed by atoms with Crippen LogP contribution in [0.15, 0.2) is 35.3 Å². The van der Waals surface area contributed by atoms with Gasteiger partial charge in [0.25, 0.3) is 0 Å². The van der Waals surface area contributed by atoms with Gasteiger partial charge in [0, 0.05) is 0 Å². The maximum absolute atomic E-state index is 5.38. The van der Waals surface area contributed by atoms with Crippen molar-refractivity contribution in [2.24, 2.45) is 4.99 Å². The van der Waals surface area contributed by atoms with Gasteiger partial charge < -0.3 is 4.74 Å². The molecule has 2 aromatic rings. The van der Waals surface area contributed by atoms with Crippen LogP contribution in [0.2, 0.25) is 0 Å². The molecule has 0 fully saturated rings. The van der Waals surface area contributed by atoms with E-state index in [-0.39, 0.29) is 0 Å². The minimum Gasteiger partial charge on any atom is -0.496 e. The van der Waals surface area contributed by atoms with Crippen LogP contribution < -0.4 is 4.74 Å². The van der Waals surface area contributed by atoms with Crippen molar-refractivity contribution < 1.29 is 4.74 Å². The minimum atomic E-state index is 0.695. The maximum Gasteiger partial charge on any atom is 0.160 e. The Morgan fingerprint density at radius 3 is 2.94 bits per heavy atom. The normalized spacial score (nSPS) is 13.3. The highest BCUT2D eigenvalue weighted by molar-refractivity contribution is 6.03. The van der Waals surface area contributed by atoms with Crippen LogP contribution in [-0.4, -0.2) is 22.7 Å². The van der Waals surface area contributed by atoms with Crippen LogP contribution in [0.5, 0.6) is 5.75 Å². The average molecular weight is 241 g/mol. The van der Waals surface area contributed by atoms with Crippen LogP contribution in [0.25, 0.3) is 0 Å². The number of fused-ring (bicyclic) bond motifs is 1. The second kappa shape index (κ2) is 4.29. The molecule has 0 unspecified atom stereocenters. The molecular formula is C14H15N3O. The molecule has 0 bridgehead atoms. The van der Waals surface area contributed by atoms with E-state index in [2.05, 4.69) is 23.1 Å². The van der Waals surface area contributed by atoms with Gasteiger partial charge in [-0.2, -0.15) is 5.10 Å². The summed E-state index contributed by atoms with van der Waals surface area (Å²) < 4.78 is 7.31. The largest absolute Gasteiger partial charge is 0.496 e. The number of hydrogen-bond acceptors (Lipinski definition) is 3. The summed E-state index contributed by atoms with van der Waals surface area (Å²) in [4.78, 5) is 4.56. The van der Waals surface area contributed by atoms with E-state index < -0.39 is 0 Å². The molecule has 1 aliphatic rings.